The molecule has 0 unspecified atom stereocenters. The molecule has 0 spiro atoms. The lowest BCUT2D eigenvalue weighted by Crippen LogP contribution is -1.93. The first kappa shape index (κ1) is 10.2. The third-order valence-electron chi connectivity index (χ3n) is 2.60. The van der Waals surface area contributed by atoms with Crippen LogP contribution in [0.2, 0.25) is 0 Å². The molecule has 0 aliphatic rings. The highest BCUT2D eigenvalue weighted by molar-refractivity contribution is 7.09. The fourth-order valence-corrected chi connectivity index (χ4v) is 2.46. The van der Waals surface area contributed by atoms with E-state index in [1.807, 2.05) is 17.4 Å². The van der Waals surface area contributed by atoms with Crippen molar-refractivity contribution in [3.8, 4) is 0 Å². The molecule has 1 heterocycles. The zero-order valence-corrected chi connectivity index (χ0v) is 9.68. The van der Waals surface area contributed by atoms with Crippen LogP contribution in [0.15, 0.2) is 42.3 Å². The minimum absolute atomic E-state index is 1.02. The molecule has 0 N–H and O–H groups in total. The van der Waals surface area contributed by atoms with E-state index < -0.39 is 0 Å². The average Bonchev–Trinajstić information content (AvgIpc) is 2.74. The Bertz CT molecular complexity index is 452. The van der Waals surface area contributed by atoms with Gasteiger partial charge < -0.3 is 0 Å². The van der Waals surface area contributed by atoms with E-state index in [1.165, 1.54) is 21.6 Å². The number of hydrogen-bond acceptors (Lipinski definition) is 1. The monoisotopic (exact) mass is 214 g/mol. The second-order valence-corrected chi connectivity index (χ2v) is 4.64. The van der Waals surface area contributed by atoms with Gasteiger partial charge in [-0.25, -0.2) is 0 Å². The van der Waals surface area contributed by atoms with E-state index in [4.69, 9.17) is 0 Å². The van der Waals surface area contributed by atoms with E-state index in [1.54, 1.807) is 0 Å². The quantitative estimate of drug-likeness (QED) is 0.715. The van der Waals surface area contributed by atoms with Gasteiger partial charge in [0.05, 0.1) is 0 Å². The second-order valence-electron chi connectivity index (χ2n) is 3.60. The topological polar surface area (TPSA) is 0 Å². The van der Waals surface area contributed by atoms with Crippen molar-refractivity contribution in [2.24, 2.45) is 0 Å². The molecule has 0 radical (unpaired) electrons. The molecule has 0 atom stereocenters. The second kappa shape index (κ2) is 4.45. The highest BCUT2D eigenvalue weighted by Crippen LogP contribution is 2.21. The summed E-state index contributed by atoms with van der Waals surface area (Å²) in [5.41, 5.74) is 4.00. The van der Waals surface area contributed by atoms with Crippen molar-refractivity contribution in [2.75, 3.05) is 0 Å². The summed E-state index contributed by atoms with van der Waals surface area (Å²) >= 11 is 1.81. The molecule has 76 valence electrons. The van der Waals surface area contributed by atoms with Gasteiger partial charge in [0.25, 0.3) is 0 Å². The summed E-state index contributed by atoms with van der Waals surface area (Å²) in [6, 6.07) is 10.7. The van der Waals surface area contributed by atoms with E-state index in [0.717, 1.165) is 6.42 Å². The van der Waals surface area contributed by atoms with Crippen LogP contribution in [-0.2, 0) is 6.42 Å². The van der Waals surface area contributed by atoms with Crippen molar-refractivity contribution in [3.63, 3.8) is 0 Å². The predicted octanol–water partition coefficient (Wildman–Crippen LogP) is 4.29. The highest BCUT2D eigenvalue weighted by atomic mass is 32.1. The Morgan fingerprint density at radius 2 is 2.13 bits per heavy atom. The van der Waals surface area contributed by atoms with Gasteiger partial charge in [-0.1, -0.05) is 36.9 Å². The molecule has 15 heavy (non-hydrogen) atoms. The Labute approximate surface area is 94.9 Å². The minimum atomic E-state index is 1.02. The smallest absolute Gasteiger partial charge is 0.00893 e. The van der Waals surface area contributed by atoms with Crippen molar-refractivity contribution < 1.29 is 0 Å². The van der Waals surface area contributed by atoms with Crippen LogP contribution in [0, 0.1) is 6.92 Å². The largest absolute Gasteiger partial charge is 0.149 e. The molecule has 2 rings (SSSR count). The molecule has 1 aromatic carbocycles. The van der Waals surface area contributed by atoms with E-state index >= 15 is 0 Å². The summed E-state index contributed by atoms with van der Waals surface area (Å²) in [6.07, 6.45) is 2.96. The van der Waals surface area contributed by atoms with Crippen LogP contribution in [0.4, 0.5) is 0 Å². The van der Waals surface area contributed by atoms with Gasteiger partial charge in [0.2, 0.25) is 0 Å². The molecule has 0 saturated carbocycles. The number of benzene rings is 1. The first-order chi connectivity index (χ1) is 7.31. The summed E-state index contributed by atoms with van der Waals surface area (Å²) in [5.74, 6) is 0. The van der Waals surface area contributed by atoms with Crippen LogP contribution >= 0.6 is 11.3 Å². The Kier molecular flexibility index (Phi) is 3.02. The summed E-state index contributed by atoms with van der Waals surface area (Å²) in [6.45, 7) is 6.03. The molecule has 0 nitrogen and oxygen atoms in total. The van der Waals surface area contributed by atoms with Crippen LogP contribution in [0.5, 0.6) is 0 Å². The van der Waals surface area contributed by atoms with Crippen LogP contribution in [0.25, 0.3) is 6.08 Å². The summed E-state index contributed by atoms with van der Waals surface area (Å²) in [5, 5.41) is 2.13. The van der Waals surface area contributed by atoms with Crippen molar-refractivity contribution in [1.29, 1.82) is 0 Å². The molecule has 1 heteroatoms. The fraction of sp³-hybridized carbons (Fsp3) is 0.143. The Balaban J connectivity index is 2.38. The standard InChI is InChI=1S/C14H14S/c1-3-12-7-4-6-11(2)14(12)10-13-8-5-9-15-13/h3-9H,1,10H2,2H3. The van der Waals surface area contributed by atoms with Gasteiger partial charge >= 0.3 is 0 Å². The molecule has 0 aliphatic heterocycles. The predicted molar refractivity (Wildman–Crippen MR) is 68.4 cm³/mol. The molecule has 0 saturated heterocycles. The first-order valence-electron chi connectivity index (χ1n) is 5.04. The number of thiophene rings is 1. The summed E-state index contributed by atoms with van der Waals surface area (Å²) in [4.78, 5) is 1.41. The maximum Gasteiger partial charge on any atom is 0.00893 e. The van der Waals surface area contributed by atoms with Crippen molar-refractivity contribution in [2.45, 2.75) is 13.3 Å². The molecule has 0 fully saturated rings. The Morgan fingerprint density at radius 1 is 1.27 bits per heavy atom. The van der Waals surface area contributed by atoms with E-state index in [-0.39, 0.29) is 0 Å². The number of rotatable bonds is 3. The lowest BCUT2D eigenvalue weighted by molar-refractivity contribution is 1.18. The molecular weight excluding hydrogens is 200 g/mol. The maximum atomic E-state index is 3.87. The Hall–Kier alpha value is -1.34. The number of aryl methyl sites for hydroxylation is 1. The van der Waals surface area contributed by atoms with Gasteiger partial charge in [0, 0.05) is 11.3 Å². The van der Waals surface area contributed by atoms with E-state index in [2.05, 4.69) is 49.2 Å². The van der Waals surface area contributed by atoms with Crippen LogP contribution in [0.3, 0.4) is 0 Å². The molecular formula is C14H14S. The van der Waals surface area contributed by atoms with E-state index in [0.29, 0.717) is 0 Å². The summed E-state index contributed by atoms with van der Waals surface area (Å²) < 4.78 is 0. The van der Waals surface area contributed by atoms with Gasteiger partial charge in [-0.05, 0) is 35.1 Å². The van der Waals surface area contributed by atoms with Crippen LogP contribution in [-0.4, -0.2) is 0 Å². The van der Waals surface area contributed by atoms with E-state index in [9.17, 15) is 0 Å². The van der Waals surface area contributed by atoms with Gasteiger partial charge in [-0.3, -0.25) is 0 Å². The minimum Gasteiger partial charge on any atom is -0.149 e. The first-order valence-corrected chi connectivity index (χ1v) is 5.92. The van der Waals surface area contributed by atoms with Crippen molar-refractivity contribution in [1.82, 2.24) is 0 Å². The molecule has 1 aromatic heterocycles. The highest BCUT2D eigenvalue weighted by Gasteiger charge is 2.04. The third kappa shape index (κ3) is 2.18. The van der Waals surface area contributed by atoms with Crippen molar-refractivity contribution >= 4 is 17.4 Å². The third-order valence-corrected chi connectivity index (χ3v) is 3.47. The van der Waals surface area contributed by atoms with Crippen molar-refractivity contribution in [3.05, 3.63) is 63.9 Å². The van der Waals surface area contributed by atoms with Crippen LogP contribution < -0.4 is 0 Å². The van der Waals surface area contributed by atoms with Gasteiger partial charge in [-0.2, -0.15) is 0 Å². The van der Waals surface area contributed by atoms with Gasteiger partial charge in [0.1, 0.15) is 0 Å². The fourth-order valence-electron chi connectivity index (χ4n) is 1.75. The lowest BCUT2D eigenvalue weighted by atomic mass is 9.98. The molecule has 0 aliphatic carbocycles. The summed E-state index contributed by atoms with van der Waals surface area (Å²) in [7, 11) is 0. The lowest BCUT2D eigenvalue weighted by Gasteiger charge is -2.08. The average molecular weight is 214 g/mol. The maximum absolute atomic E-state index is 3.87. The number of hydrogen-bond donors (Lipinski definition) is 0. The SMILES string of the molecule is C=Cc1cccc(C)c1Cc1cccs1. The molecule has 0 bridgehead atoms. The normalized spacial score (nSPS) is 10.2. The Morgan fingerprint density at radius 3 is 2.80 bits per heavy atom. The van der Waals surface area contributed by atoms with Crippen LogP contribution in [0.1, 0.15) is 21.6 Å². The van der Waals surface area contributed by atoms with Gasteiger partial charge in [-0.15, -0.1) is 11.3 Å². The van der Waals surface area contributed by atoms with Gasteiger partial charge in [0.15, 0.2) is 0 Å². The zero-order chi connectivity index (χ0) is 10.7. The molecule has 2 aromatic rings. The zero-order valence-electron chi connectivity index (χ0n) is 8.86. The molecule has 0 amide bonds.